The highest BCUT2D eigenvalue weighted by atomic mass is 32.2. The lowest BCUT2D eigenvalue weighted by atomic mass is 10.0. The van der Waals surface area contributed by atoms with Crippen LogP contribution in [0.1, 0.15) is 32.6 Å². The Balaban J connectivity index is 1.38. The molecule has 0 unspecified atom stereocenters. The topological polar surface area (TPSA) is 117 Å². The van der Waals surface area contributed by atoms with Gasteiger partial charge in [0.2, 0.25) is 5.88 Å². The highest BCUT2D eigenvalue weighted by molar-refractivity contribution is 7.89. The van der Waals surface area contributed by atoms with Gasteiger partial charge in [-0.05, 0) is 47.9 Å². The highest BCUT2D eigenvalue weighted by Crippen LogP contribution is 2.32. The van der Waals surface area contributed by atoms with Crippen LogP contribution >= 0.6 is 0 Å². The molecule has 0 saturated carbocycles. The molecule has 4 aromatic rings. The molecular formula is C27H21F3N4O4S. The van der Waals surface area contributed by atoms with Crippen LogP contribution in [0, 0.1) is 24.4 Å². The van der Waals surface area contributed by atoms with E-state index < -0.39 is 38.8 Å². The summed E-state index contributed by atoms with van der Waals surface area (Å²) in [6, 6.07) is 6.99. The predicted octanol–water partition coefficient (Wildman–Crippen LogP) is 4.73. The number of aromatic nitrogens is 3. The van der Waals surface area contributed by atoms with E-state index in [1.165, 1.54) is 35.3 Å². The zero-order chi connectivity index (χ0) is 28.1. The molecular weight excluding hydrogens is 533 g/mol. The van der Waals surface area contributed by atoms with E-state index >= 15 is 0 Å². The van der Waals surface area contributed by atoms with Crippen LogP contribution in [0.25, 0.3) is 11.8 Å². The van der Waals surface area contributed by atoms with Crippen molar-refractivity contribution < 1.29 is 31.1 Å². The van der Waals surface area contributed by atoms with Crippen LogP contribution in [0.4, 0.5) is 19.0 Å². The van der Waals surface area contributed by atoms with Gasteiger partial charge in [-0.1, -0.05) is 6.07 Å². The molecule has 1 aliphatic carbocycles. The number of allylic oxidation sites excluding steroid dienone is 1. The van der Waals surface area contributed by atoms with Gasteiger partial charge in [-0.25, -0.2) is 31.3 Å². The van der Waals surface area contributed by atoms with Crippen molar-refractivity contribution in [3.63, 3.8) is 0 Å². The number of sulfone groups is 1. The summed E-state index contributed by atoms with van der Waals surface area (Å²) >= 11 is 0. The number of aryl methyl sites for hydroxylation is 1. The van der Waals surface area contributed by atoms with Gasteiger partial charge < -0.3 is 10.5 Å². The number of ether oxygens (including phenoxy) is 1. The number of ketones is 1. The third-order valence-electron chi connectivity index (χ3n) is 6.17. The number of hydrogen-bond donors (Lipinski definition) is 1. The number of nitrogen functional groups attached to an aromatic ring is 1. The fraction of sp³-hybridized carbons (Fsp3) is 0.148. The van der Waals surface area contributed by atoms with Crippen LogP contribution in [0.3, 0.4) is 0 Å². The molecule has 200 valence electrons. The number of anilines is 1. The van der Waals surface area contributed by atoms with E-state index in [-0.39, 0.29) is 35.0 Å². The van der Waals surface area contributed by atoms with Crippen LogP contribution in [0.15, 0.2) is 54.4 Å². The van der Waals surface area contributed by atoms with Gasteiger partial charge in [0.05, 0.1) is 29.4 Å². The Morgan fingerprint density at radius 2 is 1.87 bits per heavy atom. The summed E-state index contributed by atoms with van der Waals surface area (Å²) < 4.78 is 71.7. The van der Waals surface area contributed by atoms with Crippen LogP contribution in [-0.4, -0.2) is 35.2 Å². The zero-order valence-electron chi connectivity index (χ0n) is 20.7. The molecule has 0 fully saturated rings. The van der Waals surface area contributed by atoms with E-state index in [1.807, 2.05) is 0 Å². The Labute approximate surface area is 221 Å². The smallest absolute Gasteiger partial charge is 0.219 e. The maximum atomic E-state index is 14.4. The summed E-state index contributed by atoms with van der Waals surface area (Å²) in [5, 5.41) is 4.22. The highest BCUT2D eigenvalue weighted by Gasteiger charge is 2.26. The lowest BCUT2D eigenvalue weighted by Crippen LogP contribution is -2.09. The molecule has 0 spiro atoms. The van der Waals surface area contributed by atoms with Crippen molar-refractivity contribution >= 4 is 27.5 Å². The molecule has 0 amide bonds. The number of carbonyl (C=O) groups is 1. The van der Waals surface area contributed by atoms with E-state index in [0.29, 0.717) is 28.0 Å². The van der Waals surface area contributed by atoms with Crippen molar-refractivity contribution in [2.24, 2.45) is 0 Å². The maximum absolute atomic E-state index is 14.4. The Morgan fingerprint density at radius 3 is 2.59 bits per heavy atom. The first kappa shape index (κ1) is 26.2. The molecule has 0 radical (unpaired) electrons. The first-order valence-electron chi connectivity index (χ1n) is 11.6. The predicted molar refractivity (Wildman–Crippen MR) is 138 cm³/mol. The average molecular weight is 555 g/mol. The fourth-order valence-corrected chi connectivity index (χ4v) is 5.11. The number of nitrogens with two attached hydrogens (primary N) is 1. The van der Waals surface area contributed by atoms with Gasteiger partial charge in [0.15, 0.2) is 27.2 Å². The maximum Gasteiger partial charge on any atom is 0.219 e. The molecule has 0 bridgehead atoms. The second kappa shape index (κ2) is 9.70. The summed E-state index contributed by atoms with van der Waals surface area (Å²) in [7, 11) is -3.44. The minimum absolute atomic E-state index is 0.0131. The molecule has 0 aliphatic heterocycles. The molecule has 2 aromatic heterocycles. The Bertz CT molecular complexity index is 1800. The van der Waals surface area contributed by atoms with Crippen LogP contribution in [-0.2, 0) is 22.0 Å². The van der Waals surface area contributed by atoms with Crippen molar-refractivity contribution in [2.45, 2.75) is 19.1 Å². The molecule has 5 rings (SSSR count). The van der Waals surface area contributed by atoms with Gasteiger partial charge in [-0.15, -0.1) is 0 Å². The van der Waals surface area contributed by atoms with Crippen molar-refractivity contribution in [3.05, 3.63) is 99.6 Å². The lowest BCUT2D eigenvalue weighted by molar-refractivity contribution is 0.103. The van der Waals surface area contributed by atoms with Gasteiger partial charge >= 0.3 is 0 Å². The molecule has 0 atom stereocenters. The zero-order valence-corrected chi connectivity index (χ0v) is 21.5. The van der Waals surface area contributed by atoms with E-state index in [2.05, 4.69) is 10.1 Å². The van der Waals surface area contributed by atoms with Crippen LogP contribution < -0.4 is 10.5 Å². The number of Topliss-reactive ketones (excluding diaryl/α,β-unsaturated/α-hetero) is 1. The number of fused-ring (bicyclic) bond motifs is 1. The molecule has 2 aromatic carbocycles. The summed E-state index contributed by atoms with van der Waals surface area (Å²) in [5.74, 6) is -3.20. The second-order valence-corrected chi connectivity index (χ2v) is 11.4. The van der Waals surface area contributed by atoms with Crippen molar-refractivity contribution in [1.29, 1.82) is 0 Å². The second-order valence-electron chi connectivity index (χ2n) is 9.23. The first-order valence-corrected chi connectivity index (χ1v) is 13.6. The van der Waals surface area contributed by atoms with E-state index in [0.717, 1.165) is 24.5 Å². The van der Waals surface area contributed by atoms with Gasteiger partial charge in [0.1, 0.15) is 17.5 Å². The van der Waals surface area contributed by atoms with E-state index in [9.17, 15) is 26.4 Å². The number of halogens is 3. The lowest BCUT2D eigenvalue weighted by Gasteiger charge is -2.11. The monoisotopic (exact) mass is 554 g/mol. The SMILES string of the molecule is Cc1cc(Oc2cc(F)ccc2F)ncc1-n1ncc(C(=O)C2=Cc3cc(F)c(CS(C)(=O)=O)cc3C2)c1N. The summed E-state index contributed by atoms with van der Waals surface area (Å²) in [6.07, 6.45) is 5.43. The number of rotatable bonds is 7. The fourth-order valence-electron chi connectivity index (χ4n) is 4.32. The quantitative estimate of drug-likeness (QED) is 0.328. The van der Waals surface area contributed by atoms with Crippen molar-refractivity contribution in [3.8, 4) is 17.3 Å². The van der Waals surface area contributed by atoms with E-state index in [4.69, 9.17) is 10.5 Å². The van der Waals surface area contributed by atoms with Crippen molar-refractivity contribution in [1.82, 2.24) is 14.8 Å². The summed E-state index contributed by atoms with van der Waals surface area (Å²) in [4.78, 5) is 17.4. The standard InChI is InChI=1S/C27H21F3N4O4S/c1-14-5-25(38-24-10-19(28)3-4-21(24)29)32-12-23(14)34-27(31)20(11-33-34)26(35)17-6-15-8-18(13-39(2,36)37)22(30)9-16(15)7-17/h3-5,7-12H,6,13,31H2,1-2H3. The van der Waals surface area contributed by atoms with Gasteiger partial charge in [-0.2, -0.15) is 5.10 Å². The minimum Gasteiger partial charge on any atom is -0.436 e. The summed E-state index contributed by atoms with van der Waals surface area (Å²) in [6.45, 7) is 1.70. The van der Waals surface area contributed by atoms with E-state index in [1.54, 1.807) is 13.0 Å². The molecule has 12 heteroatoms. The Kier molecular flexibility index (Phi) is 6.51. The number of nitrogens with zero attached hydrogens (tertiary/aromatic N) is 3. The number of benzene rings is 2. The molecule has 0 saturated heterocycles. The molecule has 39 heavy (non-hydrogen) atoms. The molecule has 1 aliphatic rings. The molecule has 2 heterocycles. The van der Waals surface area contributed by atoms with Gasteiger partial charge in [-0.3, -0.25) is 4.79 Å². The van der Waals surface area contributed by atoms with Crippen LogP contribution in [0.5, 0.6) is 11.6 Å². The Morgan fingerprint density at radius 1 is 1.10 bits per heavy atom. The first-order chi connectivity index (χ1) is 18.4. The Hall–Kier alpha value is -4.45. The average Bonchev–Trinajstić information content (AvgIpc) is 3.43. The third-order valence-corrected chi connectivity index (χ3v) is 7.01. The third kappa shape index (κ3) is 5.28. The minimum atomic E-state index is -3.44. The molecule has 2 N–H and O–H groups in total. The normalized spacial score (nSPS) is 12.8. The summed E-state index contributed by atoms with van der Waals surface area (Å²) in [5.41, 5.74) is 8.91. The number of carbonyl (C=O) groups excluding carboxylic acids is 1. The van der Waals surface area contributed by atoms with Gasteiger partial charge in [0, 0.05) is 35.9 Å². The number of pyridine rings is 1. The number of hydrogen-bond acceptors (Lipinski definition) is 7. The molecule has 8 nitrogen and oxygen atoms in total. The van der Waals surface area contributed by atoms with Gasteiger partial charge in [0.25, 0.3) is 0 Å². The largest absolute Gasteiger partial charge is 0.436 e. The van der Waals surface area contributed by atoms with Crippen molar-refractivity contribution in [2.75, 3.05) is 12.0 Å². The van der Waals surface area contributed by atoms with Crippen LogP contribution in [0.2, 0.25) is 0 Å².